The van der Waals surface area contributed by atoms with Gasteiger partial charge in [-0.05, 0) is 54.8 Å². The van der Waals surface area contributed by atoms with E-state index in [1.165, 1.54) is 12.1 Å². The zero-order valence-electron chi connectivity index (χ0n) is 14.4. The van der Waals surface area contributed by atoms with E-state index in [1.807, 2.05) is 29.2 Å². The highest BCUT2D eigenvalue weighted by Crippen LogP contribution is 2.45. The summed E-state index contributed by atoms with van der Waals surface area (Å²) in [5.41, 5.74) is 1.86. The van der Waals surface area contributed by atoms with Crippen LogP contribution in [0.15, 0.2) is 48.5 Å². The van der Waals surface area contributed by atoms with Crippen LogP contribution in [-0.2, 0) is 5.54 Å². The number of carbonyl (C=O) groups excluding carboxylic acids is 1. The summed E-state index contributed by atoms with van der Waals surface area (Å²) < 4.78 is 13.1. The minimum absolute atomic E-state index is 0.0174. The van der Waals surface area contributed by atoms with Gasteiger partial charge in [-0.25, -0.2) is 9.18 Å². The van der Waals surface area contributed by atoms with Crippen LogP contribution in [0.4, 0.5) is 14.9 Å². The number of urea groups is 1. The van der Waals surface area contributed by atoms with Crippen molar-refractivity contribution < 1.29 is 9.18 Å². The van der Waals surface area contributed by atoms with Crippen molar-refractivity contribution in [1.29, 1.82) is 0 Å². The van der Waals surface area contributed by atoms with Gasteiger partial charge in [0, 0.05) is 36.9 Å². The van der Waals surface area contributed by atoms with Crippen molar-refractivity contribution >= 4 is 23.3 Å². The molecule has 1 saturated carbocycles. The molecule has 0 unspecified atom stereocenters. The van der Waals surface area contributed by atoms with Crippen LogP contribution < -0.4 is 10.2 Å². The Labute approximate surface area is 157 Å². The van der Waals surface area contributed by atoms with Crippen LogP contribution in [0.2, 0.25) is 5.02 Å². The number of halogens is 2. The molecule has 0 bridgehead atoms. The van der Waals surface area contributed by atoms with E-state index in [1.54, 1.807) is 12.1 Å². The smallest absolute Gasteiger partial charge is 0.318 e. The summed E-state index contributed by atoms with van der Waals surface area (Å²) in [6.07, 6.45) is 1.91. The minimum atomic E-state index is -0.240. The maximum atomic E-state index is 13.1. The van der Waals surface area contributed by atoms with E-state index < -0.39 is 0 Å². The molecule has 6 heteroatoms. The summed E-state index contributed by atoms with van der Waals surface area (Å²) >= 11 is 5.96. The molecule has 1 N–H and O–H groups in total. The molecule has 26 heavy (non-hydrogen) atoms. The van der Waals surface area contributed by atoms with E-state index in [4.69, 9.17) is 11.6 Å². The van der Waals surface area contributed by atoms with Gasteiger partial charge in [-0.2, -0.15) is 0 Å². The van der Waals surface area contributed by atoms with Crippen molar-refractivity contribution in [2.24, 2.45) is 0 Å². The molecule has 0 atom stereocenters. The second kappa shape index (κ2) is 6.80. The Morgan fingerprint density at radius 3 is 2.15 bits per heavy atom. The van der Waals surface area contributed by atoms with Crippen LogP contribution >= 0.6 is 11.6 Å². The van der Waals surface area contributed by atoms with Crippen molar-refractivity contribution in [3.8, 4) is 0 Å². The standard InChI is InChI=1S/C20H21ClFN3O/c21-16-3-1-15(2-4-16)20(9-10-20)23-19(26)25-13-11-24(12-14-25)18-7-5-17(22)6-8-18/h1-8H,9-14H2,(H,23,26). The predicted molar refractivity (Wildman–Crippen MR) is 101 cm³/mol. The van der Waals surface area contributed by atoms with E-state index in [9.17, 15) is 9.18 Å². The van der Waals surface area contributed by atoms with Crippen LogP contribution in [-0.4, -0.2) is 37.1 Å². The Morgan fingerprint density at radius 1 is 0.962 bits per heavy atom. The first kappa shape index (κ1) is 17.2. The third-order valence-electron chi connectivity index (χ3n) is 5.25. The van der Waals surface area contributed by atoms with E-state index in [0.717, 1.165) is 37.2 Å². The Kier molecular flexibility index (Phi) is 4.49. The number of amides is 2. The van der Waals surface area contributed by atoms with Gasteiger partial charge in [-0.3, -0.25) is 0 Å². The normalized spacial score (nSPS) is 18.5. The van der Waals surface area contributed by atoms with Gasteiger partial charge in [-0.15, -0.1) is 0 Å². The lowest BCUT2D eigenvalue weighted by molar-refractivity contribution is 0.189. The van der Waals surface area contributed by atoms with Crippen molar-refractivity contribution in [1.82, 2.24) is 10.2 Å². The SMILES string of the molecule is O=C(NC1(c2ccc(Cl)cc2)CC1)N1CCN(c2ccc(F)cc2)CC1. The zero-order chi connectivity index (χ0) is 18.1. The molecule has 0 radical (unpaired) electrons. The second-order valence-electron chi connectivity index (χ2n) is 6.97. The molecule has 136 valence electrons. The van der Waals surface area contributed by atoms with Crippen LogP contribution in [0.3, 0.4) is 0 Å². The Hall–Kier alpha value is -2.27. The molecule has 4 nitrogen and oxygen atoms in total. The molecule has 0 aromatic heterocycles. The number of hydrogen-bond acceptors (Lipinski definition) is 2. The second-order valence-corrected chi connectivity index (χ2v) is 7.41. The maximum Gasteiger partial charge on any atom is 0.318 e. The lowest BCUT2D eigenvalue weighted by Crippen LogP contribution is -2.53. The van der Waals surface area contributed by atoms with Gasteiger partial charge in [0.2, 0.25) is 0 Å². The predicted octanol–water partition coefficient (Wildman–Crippen LogP) is 4.00. The Balaban J connectivity index is 1.35. The molecule has 2 aromatic carbocycles. The number of nitrogens with zero attached hydrogens (tertiary/aromatic N) is 2. The van der Waals surface area contributed by atoms with Gasteiger partial charge in [0.1, 0.15) is 5.82 Å². The van der Waals surface area contributed by atoms with E-state index in [0.29, 0.717) is 18.1 Å². The number of piperazine rings is 1. The highest BCUT2D eigenvalue weighted by atomic mass is 35.5. The molecular formula is C20H21ClFN3O. The zero-order valence-corrected chi connectivity index (χ0v) is 15.2. The first-order valence-corrected chi connectivity index (χ1v) is 9.27. The van der Waals surface area contributed by atoms with E-state index >= 15 is 0 Å². The molecule has 1 aliphatic heterocycles. The van der Waals surface area contributed by atoms with Gasteiger partial charge in [0.15, 0.2) is 0 Å². The first-order chi connectivity index (χ1) is 12.6. The molecule has 1 saturated heterocycles. The largest absolute Gasteiger partial charge is 0.368 e. The maximum absolute atomic E-state index is 13.1. The number of hydrogen-bond donors (Lipinski definition) is 1. The van der Waals surface area contributed by atoms with Crippen LogP contribution in [0.5, 0.6) is 0 Å². The van der Waals surface area contributed by atoms with Crippen LogP contribution in [0, 0.1) is 5.82 Å². The van der Waals surface area contributed by atoms with Crippen LogP contribution in [0.1, 0.15) is 18.4 Å². The molecule has 0 spiro atoms. The van der Waals surface area contributed by atoms with Crippen molar-refractivity contribution in [3.05, 3.63) is 64.9 Å². The summed E-state index contributed by atoms with van der Waals surface area (Å²) in [6, 6.07) is 14.2. The number of nitrogens with one attached hydrogen (secondary N) is 1. The summed E-state index contributed by atoms with van der Waals surface area (Å²) in [5, 5.41) is 3.91. The quantitative estimate of drug-likeness (QED) is 0.882. The number of benzene rings is 2. The molecule has 1 heterocycles. The fraction of sp³-hybridized carbons (Fsp3) is 0.350. The average molecular weight is 374 g/mol. The summed E-state index contributed by atoms with van der Waals surface area (Å²) in [4.78, 5) is 16.7. The van der Waals surface area contributed by atoms with E-state index in [2.05, 4.69) is 10.2 Å². The van der Waals surface area contributed by atoms with Gasteiger partial charge in [-0.1, -0.05) is 23.7 Å². The Bertz CT molecular complexity index is 782. The van der Waals surface area contributed by atoms with Gasteiger partial charge in [0.25, 0.3) is 0 Å². The molecule has 1 aliphatic carbocycles. The van der Waals surface area contributed by atoms with Gasteiger partial charge >= 0.3 is 6.03 Å². The summed E-state index contributed by atoms with van der Waals surface area (Å²) in [5.74, 6) is -0.233. The van der Waals surface area contributed by atoms with Crippen molar-refractivity contribution in [2.75, 3.05) is 31.1 Å². The third kappa shape index (κ3) is 3.49. The molecule has 2 amide bonds. The minimum Gasteiger partial charge on any atom is -0.368 e. The average Bonchev–Trinajstić information content (AvgIpc) is 3.43. The summed E-state index contributed by atoms with van der Waals surface area (Å²) in [7, 11) is 0. The van der Waals surface area contributed by atoms with Crippen molar-refractivity contribution in [2.45, 2.75) is 18.4 Å². The first-order valence-electron chi connectivity index (χ1n) is 8.89. The highest BCUT2D eigenvalue weighted by Gasteiger charge is 2.46. The van der Waals surface area contributed by atoms with E-state index in [-0.39, 0.29) is 17.4 Å². The lowest BCUT2D eigenvalue weighted by Gasteiger charge is -2.37. The van der Waals surface area contributed by atoms with Gasteiger partial charge in [0.05, 0.1) is 5.54 Å². The topological polar surface area (TPSA) is 35.6 Å². The molecule has 4 rings (SSSR count). The lowest BCUT2D eigenvalue weighted by atomic mass is 10.1. The fourth-order valence-electron chi connectivity index (χ4n) is 3.48. The number of rotatable bonds is 3. The number of carbonyl (C=O) groups is 1. The Morgan fingerprint density at radius 2 is 1.58 bits per heavy atom. The highest BCUT2D eigenvalue weighted by molar-refractivity contribution is 6.30. The van der Waals surface area contributed by atoms with Crippen LogP contribution in [0.25, 0.3) is 0 Å². The molecular weight excluding hydrogens is 353 g/mol. The molecule has 2 aromatic rings. The molecule has 2 aliphatic rings. The monoisotopic (exact) mass is 373 g/mol. The van der Waals surface area contributed by atoms with Crippen molar-refractivity contribution in [3.63, 3.8) is 0 Å². The molecule has 2 fully saturated rings. The summed E-state index contributed by atoms with van der Waals surface area (Å²) in [6.45, 7) is 2.79. The fourth-order valence-corrected chi connectivity index (χ4v) is 3.61. The third-order valence-corrected chi connectivity index (χ3v) is 5.50. The van der Waals surface area contributed by atoms with Gasteiger partial charge < -0.3 is 15.1 Å². The number of anilines is 1.